The molecular formula is C20H19FN2O5S2. The lowest BCUT2D eigenvalue weighted by atomic mass is 10.2. The van der Waals surface area contributed by atoms with Gasteiger partial charge in [0.15, 0.2) is 0 Å². The number of benzene rings is 2. The Morgan fingerprint density at radius 3 is 2.50 bits per heavy atom. The van der Waals surface area contributed by atoms with Crippen LogP contribution in [0.25, 0.3) is 10.6 Å². The molecule has 158 valence electrons. The molecule has 0 aliphatic rings. The van der Waals surface area contributed by atoms with E-state index in [1.807, 2.05) is 0 Å². The number of methoxy groups -OCH3 is 1. The van der Waals surface area contributed by atoms with Gasteiger partial charge in [-0.15, -0.1) is 11.3 Å². The van der Waals surface area contributed by atoms with Gasteiger partial charge < -0.3 is 9.47 Å². The van der Waals surface area contributed by atoms with Gasteiger partial charge in [0.25, 0.3) is 0 Å². The molecule has 10 heteroatoms. The third-order valence-electron chi connectivity index (χ3n) is 4.15. The van der Waals surface area contributed by atoms with E-state index < -0.39 is 16.0 Å². The molecule has 3 rings (SSSR count). The van der Waals surface area contributed by atoms with Crippen molar-refractivity contribution >= 4 is 27.3 Å². The van der Waals surface area contributed by atoms with Crippen molar-refractivity contribution in [3.05, 3.63) is 64.9 Å². The van der Waals surface area contributed by atoms with Gasteiger partial charge in [-0.1, -0.05) is 0 Å². The summed E-state index contributed by atoms with van der Waals surface area (Å²) in [5.74, 6) is -0.896. The zero-order chi connectivity index (χ0) is 21.9. The van der Waals surface area contributed by atoms with Crippen molar-refractivity contribution in [2.45, 2.75) is 11.5 Å². The molecule has 0 amide bonds. The number of carbonyl (C=O) groups excluding carboxylic acids is 1. The largest absolute Gasteiger partial charge is 0.495 e. The van der Waals surface area contributed by atoms with E-state index >= 15 is 0 Å². The van der Waals surface area contributed by atoms with Crippen LogP contribution in [0.5, 0.6) is 5.75 Å². The molecule has 0 fully saturated rings. The van der Waals surface area contributed by atoms with Crippen molar-refractivity contribution < 1.29 is 27.1 Å². The minimum absolute atomic E-state index is 0.0743. The van der Waals surface area contributed by atoms with Gasteiger partial charge in [0.1, 0.15) is 28.1 Å². The summed E-state index contributed by atoms with van der Waals surface area (Å²) < 4.78 is 49.4. The van der Waals surface area contributed by atoms with Crippen LogP contribution in [-0.4, -0.2) is 44.9 Å². The Morgan fingerprint density at radius 1 is 1.17 bits per heavy atom. The first-order chi connectivity index (χ1) is 14.2. The topological polar surface area (TPSA) is 85.8 Å². The molecule has 0 saturated heterocycles. The van der Waals surface area contributed by atoms with Gasteiger partial charge in [-0.25, -0.2) is 26.9 Å². The zero-order valence-electron chi connectivity index (χ0n) is 16.5. The lowest BCUT2D eigenvalue weighted by Gasteiger charge is -2.15. The molecule has 0 bridgehead atoms. The standard InChI is InChI=1S/C20H19FN2O5S2/c1-23(2)30(25,26)18-10-14(6-9-17(18)27-3)20(24)28-11-16-12-29-19(22-16)13-4-7-15(21)8-5-13/h4-10,12H,11H2,1-3H3. The summed E-state index contributed by atoms with van der Waals surface area (Å²) in [6.45, 7) is -0.0850. The Morgan fingerprint density at radius 2 is 1.87 bits per heavy atom. The van der Waals surface area contributed by atoms with Gasteiger partial charge in [-0.05, 0) is 42.5 Å². The van der Waals surface area contributed by atoms with E-state index in [1.54, 1.807) is 17.5 Å². The zero-order valence-corrected chi connectivity index (χ0v) is 18.1. The maximum Gasteiger partial charge on any atom is 0.338 e. The van der Waals surface area contributed by atoms with Crippen molar-refractivity contribution in [2.24, 2.45) is 0 Å². The second-order valence-corrected chi connectivity index (χ2v) is 9.36. The van der Waals surface area contributed by atoms with Gasteiger partial charge in [0, 0.05) is 25.0 Å². The molecule has 0 aliphatic heterocycles. The van der Waals surface area contributed by atoms with Gasteiger partial charge in [-0.3, -0.25) is 0 Å². The molecule has 3 aromatic rings. The predicted molar refractivity (Wildman–Crippen MR) is 110 cm³/mol. The van der Waals surface area contributed by atoms with Crippen molar-refractivity contribution in [1.82, 2.24) is 9.29 Å². The number of hydrogen-bond acceptors (Lipinski definition) is 7. The Kier molecular flexibility index (Phi) is 6.49. The van der Waals surface area contributed by atoms with Crippen LogP contribution >= 0.6 is 11.3 Å². The van der Waals surface area contributed by atoms with Crippen molar-refractivity contribution in [1.29, 1.82) is 0 Å². The van der Waals surface area contributed by atoms with Crippen LogP contribution < -0.4 is 4.74 Å². The Hall–Kier alpha value is -2.82. The molecule has 7 nitrogen and oxygen atoms in total. The molecule has 0 radical (unpaired) electrons. The van der Waals surface area contributed by atoms with Gasteiger partial charge in [0.05, 0.1) is 18.4 Å². The first kappa shape index (κ1) is 21.9. The van der Waals surface area contributed by atoms with Crippen LogP contribution in [0.4, 0.5) is 4.39 Å². The highest BCUT2D eigenvalue weighted by Crippen LogP contribution is 2.28. The second-order valence-electron chi connectivity index (χ2n) is 6.38. The summed E-state index contributed by atoms with van der Waals surface area (Å²) in [5, 5.41) is 2.41. The highest BCUT2D eigenvalue weighted by molar-refractivity contribution is 7.89. The van der Waals surface area contributed by atoms with E-state index in [-0.39, 0.29) is 28.6 Å². The Labute approximate surface area is 177 Å². The van der Waals surface area contributed by atoms with Gasteiger partial charge >= 0.3 is 5.97 Å². The molecule has 30 heavy (non-hydrogen) atoms. The van der Waals surface area contributed by atoms with Crippen LogP contribution in [0, 0.1) is 5.82 Å². The number of rotatable bonds is 7. The number of carbonyl (C=O) groups is 1. The smallest absolute Gasteiger partial charge is 0.338 e. The number of thiazole rings is 1. The highest BCUT2D eigenvalue weighted by atomic mass is 32.2. The summed E-state index contributed by atoms with van der Waals surface area (Å²) in [5.41, 5.74) is 1.36. The maximum absolute atomic E-state index is 13.0. The first-order valence-electron chi connectivity index (χ1n) is 8.70. The van der Waals surface area contributed by atoms with Crippen LogP contribution in [0.3, 0.4) is 0 Å². The molecule has 0 saturated carbocycles. The number of esters is 1. The number of aromatic nitrogens is 1. The third-order valence-corrected chi connectivity index (χ3v) is 6.93. The predicted octanol–water partition coefficient (Wildman–Crippen LogP) is 3.57. The van der Waals surface area contributed by atoms with Crippen molar-refractivity contribution in [3.8, 4) is 16.3 Å². The quantitative estimate of drug-likeness (QED) is 0.512. The number of hydrogen-bond donors (Lipinski definition) is 0. The molecule has 0 aliphatic carbocycles. The molecule has 0 unspecified atom stereocenters. The lowest BCUT2D eigenvalue weighted by Crippen LogP contribution is -2.23. The summed E-state index contributed by atoms with van der Waals surface area (Å²) >= 11 is 1.34. The number of sulfonamides is 1. The molecule has 0 N–H and O–H groups in total. The summed E-state index contributed by atoms with van der Waals surface area (Å²) in [4.78, 5) is 16.7. The SMILES string of the molecule is COc1ccc(C(=O)OCc2csc(-c3ccc(F)cc3)n2)cc1S(=O)(=O)N(C)C. The average Bonchev–Trinajstić information content (AvgIpc) is 3.21. The molecule has 1 aromatic heterocycles. The van der Waals surface area contributed by atoms with Crippen molar-refractivity contribution in [2.75, 3.05) is 21.2 Å². The van der Waals surface area contributed by atoms with Crippen LogP contribution in [0.2, 0.25) is 0 Å². The van der Waals surface area contributed by atoms with E-state index in [0.717, 1.165) is 9.87 Å². The summed E-state index contributed by atoms with van der Waals surface area (Å²) in [7, 11) is 0.319. The van der Waals surface area contributed by atoms with E-state index in [0.29, 0.717) is 10.7 Å². The van der Waals surface area contributed by atoms with Crippen LogP contribution in [0.1, 0.15) is 16.1 Å². The first-order valence-corrected chi connectivity index (χ1v) is 11.0. The lowest BCUT2D eigenvalue weighted by molar-refractivity contribution is 0.0468. The van der Waals surface area contributed by atoms with Gasteiger partial charge in [0.2, 0.25) is 10.0 Å². The van der Waals surface area contributed by atoms with E-state index in [4.69, 9.17) is 9.47 Å². The molecule has 2 aromatic carbocycles. The average molecular weight is 451 g/mol. The monoisotopic (exact) mass is 450 g/mol. The molecule has 0 spiro atoms. The van der Waals surface area contributed by atoms with Gasteiger partial charge in [-0.2, -0.15) is 0 Å². The van der Waals surface area contributed by atoms with Crippen LogP contribution in [0.15, 0.2) is 52.7 Å². The Bertz CT molecular complexity index is 1160. The fourth-order valence-corrected chi connectivity index (χ4v) is 4.41. The van der Waals surface area contributed by atoms with Crippen LogP contribution in [-0.2, 0) is 21.4 Å². The van der Waals surface area contributed by atoms with E-state index in [9.17, 15) is 17.6 Å². The highest BCUT2D eigenvalue weighted by Gasteiger charge is 2.24. The van der Waals surface area contributed by atoms with E-state index in [1.165, 1.54) is 62.9 Å². The maximum atomic E-state index is 13.0. The third kappa shape index (κ3) is 4.66. The summed E-state index contributed by atoms with van der Waals surface area (Å²) in [6.07, 6.45) is 0. The fraction of sp³-hybridized carbons (Fsp3) is 0.200. The Balaban J connectivity index is 1.75. The normalized spacial score (nSPS) is 11.5. The van der Waals surface area contributed by atoms with Crippen molar-refractivity contribution in [3.63, 3.8) is 0 Å². The fourth-order valence-electron chi connectivity index (χ4n) is 2.52. The second kappa shape index (κ2) is 8.90. The number of nitrogens with zero attached hydrogens (tertiary/aromatic N) is 2. The molecule has 1 heterocycles. The molecular weight excluding hydrogens is 431 g/mol. The summed E-state index contributed by atoms with van der Waals surface area (Å²) in [6, 6.07) is 9.99. The minimum Gasteiger partial charge on any atom is -0.495 e. The number of halogens is 1. The number of ether oxygens (including phenoxy) is 2. The minimum atomic E-state index is -3.81. The van der Waals surface area contributed by atoms with E-state index in [2.05, 4.69) is 4.98 Å². The molecule has 0 atom stereocenters.